The van der Waals surface area contributed by atoms with E-state index in [0.717, 1.165) is 3.92 Å². The molecule has 0 saturated carbocycles. The zero-order chi connectivity index (χ0) is 35.7. The first-order valence-corrected chi connectivity index (χ1v) is 15.4. The normalized spacial score (nSPS) is 10.7. The molecule has 49 heavy (non-hydrogen) atoms. The fourth-order valence-corrected chi connectivity index (χ4v) is 4.13. The topological polar surface area (TPSA) is 157 Å². The molecule has 4 rings (SSSR count). The van der Waals surface area contributed by atoms with Crippen LogP contribution in [0.2, 0.25) is 0 Å². The van der Waals surface area contributed by atoms with Gasteiger partial charge in [0.25, 0.3) is 17.6 Å². The third-order valence-electron chi connectivity index (χ3n) is 5.89. The smallest absolute Gasteiger partial charge is 1.00 e. The number of hydrogen-bond acceptors (Lipinski definition) is 9. The number of alkyl halides is 1. The van der Waals surface area contributed by atoms with E-state index in [9.17, 15) is 19.2 Å². The van der Waals surface area contributed by atoms with Crippen molar-refractivity contribution in [3.05, 3.63) is 92.8 Å². The standard InChI is InChI=1S/C17H17NO3.C14H11NO3.C3H7I.CH2O3.2Cs.H/c1-5-16(21-12(4)19)14-7-6-8-15-13(14)9-10-18(11(2)3)17(15)20;1-3-13(18-9(2)16)11-5-4-6-12-10(11)7-8-15-14(12)17;1-3(2)4;2-1-4-3;;;/h1,6-11,16H,2-4H3;1,4-8,13H,2H3,(H,15,17);3H,1-2H3;1,3H;;;/q;;;;2*+1;-1/p-1. The fourth-order valence-electron chi connectivity index (χ4n) is 4.13. The Morgan fingerprint density at radius 3 is 1.67 bits per heavy atom. The van der Waals surface area contributed by atoms with Crippen LogP contribution < -0.4 is 154 Å². The number of H-pyrrole nitrogens is 1. The van der Waals surface area contributed by atoms with Gasteiger partial charge < -0.3 is 30.6 Å². The van der Waals surface area contributed by atoms with Crippen LogP contribution >= 0.6 is 22.6 Å². The number of aromatic nitrogens is 2. The Morgan fingerprint density at radius 1 is 0.857 bits per heavy atom. The van der Waals surface area contributed by atoms with Crippen LogP contribution in [0.5, 0.6) is 0 Å². The number of carbonyl (C=O) groups excluding carboxylic acids is 3. The van der Waals surface area contributed by atoms with E-state index < -0.39 is 24.1 Å². The van der Waals surface area contributed by atoms with Gasteiger partial charge in [0.1, 0.15) is 0 Å². The first-order chi connectivity index (χ1) is 22.2. The summed E-state index contributed by atoms with van der Waals surface area (Å²) in [7, 11) is 0. The molecule has 0 aliphatic heterocycles. The van der Waals surface area contributed by atoms with E-state index >= 15 is 0 Å². The number of halogens is 1. The first-order valence-electron chi connectivity index (χ1n) is 14.1. The van der Waals surface area contributed by atoms with Crippen molar-refractivity contribution in [3.63, 3.8) is 0 Å². The van der Waals surface area contributed by atoms with Crippen molar-refractivity contribution >= 4 is 62.5 Å². The molecule has 14 heteroatoms. The van der Waals surface area contributed by atoms with Gasteiger partial charge in [-0.15, -0.1) is 12.8 Å². The third kappa shape index (κ3) is 17.0. The van der Waals surface area contributed by atoms with Gasteiger partial charge in [0, 0.05) is 58.1 Å². The maximum Gasteiger partial charge on any atom is 1.00 e. The number of nitrogens with one attached hydrogen (secondary N) is 1. The molecule has 2 unspecified atom stereocenters. The summed E-state index contributed by atoms with van der Waals surface area (Å²) in [5.41, 5.74) is 1.00. The van der Waals surface area contributed by atoms with Crippen LogP contribution in [0.15, 0.2) is 70.5 Å². The summed E-state index contributed by atoms with van der Waals surface area (Å²) in [5, 5.41) is 10.9. The Bertz CT molecular complexity index is 1880. The second kappa shape index (κ2) is 26.9. The summed E-state index contributed by atoms with van der Waals surface area (Å²) in [6, 6.07) is 14.1. The van der Waals surface area contributed by atoms with E-state index in [1.54, 1.807) is 53.2 Å². The number of hydrogen-bond donors (Lipinski definition) is 1. The number of benzene rings is 2. The Labute approximate surface area is 418 Å². The van der Waals surface area contributed by atoms with Gasteiger partial charge in [0.15, 0.2) is 12.2 Å². The van der Waals surface area contributed by atoms with Gasteiger partial charge in [0.2, 0.25) is 0 Å². The van der Waals surface area contributed by atoms with E-state index in [0.29, 0.717) is 32.7 Å². The molecule has 2 heterocycles. The second-order valence-electron chi connectivity index (χ2n) is 10.1. The predicted molar refractivity (Wildman–Crippen MR) is 187 cm³/mol. The van der Waals surface area contributed by atoms with E-state index in [1.165, 1.54) is 20.0 Å². The van der Waals surface area contributed by atoms with Crippen molar-refractivity contribution in [1.82, 2.24) is 9.55 Å². The minimum Gasteiger partial charge on any atom is -1.00 e. The number of esters is 2. The van der Waals surface area contributed by atoms with Crippen LogP contribution in [-0.2, 0) is 28.7 Å². The van der Waals surface area contributed by atoms with Crippen LogP contribution in [0, 0.1) is 24.7 Å². The van der Waals surface area contributed by atoms with Crippen molar-refractivity contribution in [1.29, 1.82) is 0 Å². The van der Waals surface area contributed by atoms with Crippen LogP contribution in [0.3, 0.4) is 0 Å². The van der Waals surface area contributed by atoms with Crippen molar-refractivity contribution in [2.75, 3.05) is 0 Å². The van der Waals surface area contributed by atoms with Crippen molar-refractivity contribution in [3.8, 4) is 24.7 Å². The molecule has 11 nitrogen and oxygen atoms in total. The molecule has 0 bridgehead atoms. The number of carbonyl (C=O) groups is 3. The zero-order valence-corrected chi connectivity index (χ0v) is 43.5. The molecule has 0 aliphatic carbocycles. The van der Waals surface area contributed by atoms with Gasteiger partial charge in [-0.25, -0.2) is 0 Å². The van der Waals surface area contributed by atoms with Crippen molar-refractivity contribution in [2.45, 2.75) is 63.7 Å². The van der Waals surface area contributed by atoms with Crippen LogP contribution in [0.4, 0.5) is 0 Å². The molecule has 1 N–H and O–H groups in total. The van der Waals surface area contributed by atoms with E-state index in [4.69, 9.17) is 32.4 Å². The van der Waals surface area contributed by atoms with Gasteiger partial charge in [-0.05, 0) is 48.9 Å². The molecule has 0 spiro atoms. The molecule has 2 atom stereocenters. The second-order valence-corrected chi connectivity index (χ2v) is 12.6. The van der Waals surface area contributed by atoms with Crippen molar-refractivity contribution in [2.24, 2.45) is 0 Å². The van der Waals surface area contributed by atoms with Gasteiger partial charge in [-0.2, -0.15) is 0 Å². The Kier molecular flexibility index (Phi) is 27.6. The maximum atomic E-state index is 12.5. The van der Waals surface area contributed by atoms with Gasteiger partial charge >= 0.3 is 150 Å². The molecule has 0 aliphatic rings. The Morgan fingerprint density at radius 2 is 1.29 bits per heavy atom. The Hall–Kier alpha value is -0.816. The number of terminal acetylenes is 2. The largest absolute Gasteiger partial charge is 1.00 e. The third-order valence-corrected chi connectivity index (χ3v) is 5.89. The minimum absolute atomic E-state index is 0. The average Bonchev–Trinajstić information content (AvgIpc) is 3.02. The monoisotopic (exact) mass is 1020 g/mol. The molecular weight excluding hydrogens is 985 g/mol. The summed E-state index contributed by atoms with van der Waals surface area (Å²) in [6.45, 7) is 10.6. The predicted octanol–water partition coefficient (Wildman–Crippen LogP) is -1.03. The summed E-state index contributed by atoms with van der Waals surface area (Å²) in [4.78, 5) is 60.1. The molecule has 2 aromatic carbocycles. The van der Waals surface area contributed by atoms with Crippen LogP contribution in [0.1, 0.15) is 72.3 Å². The number of pyridine rings is 2. The van der Waals surface area contributed by atoms with E-state index in [2.05, 4.69) is 58.2 Å². The number of fused-ring (bicyclic) bond motifs is 2. The molecular formula is C35H37Cs2IN2O9. The summed E-state index contributed by atoms with van der Waals surface area (Å²) >= 11 is 2.34. The number of nitrogens with zero attached hydrogens (tertiary/aromatic N) is 1. The molecule has 0 amide bonds. The first kappa shape index (κ1) is 50.3. The number of rotatable bonds is 6. The van der Waals surface area contributed by atoms with Gasteiger partial charge in [-0.3, -0.25) is 24.0 Å². The molecule has 0 saturated heterocycles. The van der Waals surface area contributed by atoms with Crippen molar-refractivity contribution < 1.29 is 173 Å². The minimum atomic E-state index is -0.791. The molecule has 250 valence electrons. The van der Waals surface area contributed by atoms with Gasteiger partial charge in [-0.1, -0.05) is 72.5 Å². The average molecular weight is 1020 g/mol. The number of ether oxygens (including phenoxy) is 2. The summed E-state index contributed by atoms with van der Waals surface area (Å²) in [5.74, 6) is 3.94. The SMILES string of the molecule is C#CC(OC(C)=O)c1cccc2c(=O)[nH]ccc12.C#CC(OC(C)=O)c1cccc2c(=O)n(C(C)C)ccc12.CC(C)I.O=CO[O-].[Cs+].[Cs+].[H-]. The molecule has 4 aromatic rings. The zero-order valence-electron chi connectivity index (χ0n) is 29.8. The molecule has 0 radical (unpaired) electrons. The quantitative estimate of drug-likeness (QED) is 0.0486. The van der Waals surface area contributed by atoms with Gasteiger partial charge in [0.05, 0.1) is 0 Å². The Balaban J connectivity index is -0.000000697. The maximum absolute atomic E-state index is 12.5. The molecule has 2 aromatic heterocycles. The summed E-state index contributed by atoms with van der Waals surface area (Å²) in [6.07, 6.45) is 12.5. The van der Waals surface area contributed by atoms with Crippen LogP contribution in [0.25, 0.3) is 21.5 Å². The van der Waals surface area contributed by atoms with E-state index in [-0.39, 0.29) is 163 Å². The summed E-state index contributed by atoms with van der Waals surface area (Å²) < 4.78 is 12.6. The number of aromatic amines is 1. The fraction of sp³-hybridized carbons (Fsp3) is 0.286. The van der Waals surface area contributed by atoms with E-state index in [1.807, 2.05) is 19.9 Å². The van der Waals surface area contributed by atoms with Crippen LogP contribution in [-0.4, -0.2) is 31.9 Å². The molecule has 0 fully saturated rings.